The SMILES string of the molecule is COc1ccc2c(c1OC)CC1=C(CC(=O)C=C1)C1(C(=O)O)CCC21. The molecule has 25 heavy (non-hydrogen) atoms. The second-order valence-electron chi connectivity index (χ2n) is 6.89. The maximum absolute atomic E-state index is 12.3. The Kier molecular flexibility index (Phi) is 3.49. The van der Waals surface area contributed by atoms with Gasteiger partial charge in [-0.2, -0.15) is 0 Å². The van der Waals surface area contributed by atoms with E-state index in [2.05, 4.69) is 0 Å². The number of allylic oxidation sites excluding steroid dienone is 3. The van der Waals surface area contributed by atoms with Crippen molar-refractivity contribution in [2.24, 2.45) is 5.41 Å². The number of benzene rings is 1. The minimum absolute atomic E-state index is 0.0273. The van der Waals surface area contributed by atoms with Crippen LogP contribution in [0.1, 0.15) is 36.3 Å². The van der Waals surface area contributed by atoms with E-state index in [-0.39, 0.29) is 18.1 Å². The first-order valence-electron chi connectivity index (χ1n) is 8.43. The first-order valence-corrected chi connectivity index (χ1v) is 8.43. The third-order valence-electron chi connectivity index (χ3n) is 5.98. The molecule has 0 aromatic heterocycles. The molecule has 2 atom stereocenters. The Morgan fingerprint density at radius 2 is 2.00 bits per heavy atom. The van der Waals surface area contributed by atoms with Gasteiger partial charge < -0.3 is 14.6 Å². The Morgan fingerprint density at radius 1 is 1.20 bits per heavy atom. The van der Waals surface area contributed by atoms with Crippen molar-refractivity contribution in [2.75, 3.05) is 14.2 Å². The lowest BCUT2D eigenvalue weighted by molar-refractivity contribution is -0.153. The molecule has 1 N–H and O–H groups in total. The molecule has 3 aliphatic carbocycles. The molecule has 0 aliphatic heterocycles. The number of carbonyl (C=O) groups excluding carboxylic acids is 1. The second-order valence-corrected chi connectivity index (χ2v) is 6.89. The molecular weight excluding hydrogens is 320 g/mol. The first kappa shape index (κ1) is 15.9. The average molecular weight is 340 g/mol. The van der Waals surface area contributed by atoms with E-state index in [0.717, 1.165) is 28.7 Å². The summed E-state index contributed by atoms with van der Waals surface area (Å²) in [6, 6.07) is 3.80. The van der Waals surface area contributed by atoms with Crippen molar-refractivity contribution >= 4 is 11.8 Å². The molecule has 130 valence electrons. The minimum Gasteiger partial charge on any atom is -0.493 e. The zero-order valence-corrected chi connectivity index (χ0v) is 14.3. The predicted octanol–water partition coefficient (Wildman–Crippen LogP) is 3.03. The Labute approximate surface area is 145 Å². The summed E-state index contributed by atoms with van der Waals surface area (Å²) in [4.78, 5) is 24.3. The summed E-state index contributed by atoms with van der Waals surface area (Å²) >= 11 is 0. The third kappa shape index (κ3) is 2.01. The molecule has 0 radical (unpaired) electrons. The fraction of sp³-hybridized carbons (Fsp3) is 0.400. The molecule has 1 saturated carbocycles. The van der Waals surface area contributed by atoms with Crippen LogP contribution in [0.3, 0.4) is 0 Å². The molecule has 0 amide bonds. The van der Waals surface area contributed by atoms with Crippen LogP contribution in [0.5, 0.6) is 11.5 Å². The molecular formula is C20H20O5. The van der Waals surface area contributed by atoms with Crippen LogP contribution < -0.4 is 9.47 Å². The first-order chi connectivity index (χ1) is 12.0. The molecule has 1 fully saturated rings. The van der Waals surface area contributed by atoms with E-state index in [1.807, 2.05) is 12.1 Å². The van der Waals surface area contributed by atoms with E-state index in [4.69, 9.17) is 9.47 Å². The summed E-state index contributed by atoms with van der Waals surface area (Å²) in [5.41, 5.74) is 2.71. The van der Waals surface area contributed by atoms with Crippen molar-refractivity contribution in [3.05, 3.63) is 46.6 Å². The largest absolute Gasteiger partial charge is 0.493 e. The topological polar surface area (TPSA) is 72.8 Å². The molecule has 5 heteroatoms. The van der Waals surface area contributed by atoms with Gasteiger partial charge in [-0.05, 0) is 41.7 Å². The highest BCUT2D eigenvalue weighted by atomic mass is 16.5. The molecule has 0 bridgehead atoms. The lowest BCUT2D eigenvalue weighted by Crippen LogP contribution is -2.47. The summed E-state index contributed by atoms with van der Waals surface area (Å²) < 4.78 is 11.0. The summed E-state index contributed by atoms with van der Waals surface area (Å²) in [5.74, 6) is 0.306. The van der Waals surface area contributed by atoms with E-state index < -0.39 is 11.4 Å². The van der Waals surface area contributed by atoms with Crippen molar-refractivity contribution < 1.29 is 24.2 Å². The van der Waals surface area contributed by atoms with Crippen LogP contribution >= 0.6 is 0 Å². The number of aliphatic carboxylic acids is 1. The molecule has 0 spiro atoms. The van der Waals surface area contributed by atoms with Crippen molar-refractivity contribution in [1.29, 1.82) is 0 Å². The number of methoxy groups -OCH3 is 2. The summed E-state index contributed by atoms with van der Waals surface area (Å²) in [6.45, 7) is 0. The van der Waals surface area contributed by atoms with Gasteiger partial charge in [0.05, 0.1) is 19.6 Å². The fourth-order valence-corrected chi connectivity index (χ4v) is 4.70. The number of carboxylic acids is 1. The van der Waals surface area contributed by atoms with Crippen LogP contribution in [0.15, 0.2) is 35.4 Å². The molecule has 1 aromatic rings. The molecule has 2 unspecified atom stereocenters. The second kappa shape index (κ2) is 5.48. The van der Waals surface area contributed by atoms with Gasteiger partial charge >= 0.3 is 5.97 Å². The number of hydrogen-bond donors (Lipinski definition) is 1. The summed E-state index contributed by atoms with van der Waals surface area (Å²) in [7, 11) is 3.19. The van der Waals surface area contributed by atoms with Crippen LogP contribution in [0.4, 0.5) is 0 Å². The highest BCUT2D eigenvalue weighted by Crippen LogP contribution is 2.62. The van der Waals surface area contributed by atoms with Crippen LogP contribution in [0.25, 0.3) is 0 Å². The average Bonchev–Trinajstić information content (AvgIpc) is 2.64. The van der Waals surface area contributed by atoms with Gasteiger partial charge in [-0.15, -0.1) is 0 Å². The number of rotatable bonds is 3. The van der Waals surface area contributed by atoms with E-state index >= 15 is 0 Å². The van der Waals surface area contributed by atoms with E-state index in [1.165, 1.54) is 0 Å². The summed E-state index contributed by atoms with van der Waals surface area (Å²) in [5, 5.41) is 10.1. The maximum atomic E-state index is 12.3. The molecule has 3 aliphatic rings. The molecule has 0 saturated heterocycles. The molecule has 4 rings (SSSR count). The van der Waals surface area contributed by atoms with E-state index in [0.29, 0.717) is 24.3 Å². The number of carbonyl (C=O) groups is 2. The fourth-order valence-electron chi connectivity index (χ4n) is 4.70. The lowest BCUT2D eigenvalue weighted by atomic mass is 9.53. The highest BCUT2D eigenvalue weighted by Gasteiger charge is 2.58. The standard InChI is InChI=1S/C20H20O5/c1-24-17-6-5-13-14(18(17)25-2)9-11-3-4-12(21)10-16(11)20(19(22)23)8-7-15(13)20/h3-6,15H,7-10H2,1-2H3,(H,22,23). The van der Waals surface area contributed by atoms with Gasteiger partial charge in [-0.3, -0.25) is 9.59 Å². The van der Waals surface area contributed by atoms with Crippen LogP contribution in [0.2, 0.25) is 0 Å². The smallest absolute Gasteiger partial charge is 0.314 e. The zero-order valence-electron chi connectivity index (χ0n) is 14.3. The number of hydrogen-bond acceptors (Lipinski definition) is 4. The van der Waals surface area contributed by atoms with Crippen LogP contribution in [-0.2, 0) is 16.0 Å². The number of carboxylic acid groups (broad SMARTS) is 1. The maximum Gasteiger partial charge on any atom is 0.314 e. The monoisotopic (exact) mass is 340 g/mol. The Morgan fingerprint density at radius 3 is 2.60 bits per heavy atom. The molecule has 1 aromatic carbocycles. The quantitative estimate of drug-likeness (QED) is 0.915. The Balaban J connectivity index is 1.99. The van der Waals surface area contributed by atoms with Gasteiger partial charge in [-0.1, -0.05) is 12.1 Å². The molecule has 0 heterocycles. The van der Waals surface area contributed by atoms with Crippen molar-refractivity contribution in [3.8, 4) is 11.5 Å². The zero-order chi connectivity index (χ0) is 17.8. The Hall–Kier alpha value is -2.56. The van der Waals surface area contributed by atoms with Crippen LogP contribution in [0, 0.1) is 5.41 Å². The minimum atomic E-state index is -0.972. The van der Waals surface area contributed by atoms with Gasteiger partial charge in [-0.25, -0.2) is 0 Å². The predicted molar refractivity (Wildman–Crippen MR) is 91.1 cm³/mol. The van der Waals surface area contributed by atoms with Crippen LogP contribution in [-0.4, -0.2) is 31.1 Å². The molecule has 5 nitrogen and oxygen atoms in total. The van der Waals surface area contributed by atoms with Crippen molar-refractivity contribution in [1.82, 2.24) is 0 Å². The Bertz CT molecular complexity index is 848. The van der Waals surface area contributed by atoms with Crippen molar-refractivity contribution in [3.63, 3.8) is 0 Å². The van der Waals surface area contributed by atoms with Crippen molar-refractivity contribution in [2.45, 2.75) is 31.6 Å². The van der Waals surface area contributed by atoms with Gasteiger partial charge in [0.2, 0.25) is 0 Å². The van der Waals surface area contributed by atoms with Gasteiger partial charge in [0.1, 0.15) is 0 Å². The third-order valence-corrected chi connectivity index (χ3v) is 5.98. The van der Waals surface area contributed by atoms with Gasteiger partial charge in [0, 0.05) is 24.3 Å². The number of fused-ring (bicyclic) bond motifs is 4. The highest BCUT2D eigenvalue weighted by molar-refractivity contribution is 5.96. The normalized spacial score (nSPS) is 26.8. The summed E-state index contributed by atoms with van der Waals surface area (Å²) in [6.07, 6.45) is 5.46. The lowest BCUT2D eigenvalue weighted by Gasteiger charge is -2.48. The van der Waals surface area contributed by atoms with Gasteiger partial charge in [0.25, 0.3) is 0 Å². The van der Waals surface area contributed by atoms with E-state index in [1.54, 1.807) is 26.4 Å². The number of ketones is 1. The number of ether oxygens (including phenoxy) is 2. The van der Waals surface area contributed by atoms with E-state index in [9.17, 15) is 14.7 Å². The van der Waals surface area contributed by atoms with Gasteiger partial charge in [0.15, 0.2) is 17.3 Å².